The van der Waals surface area contributed by atoms with Gasteiger partial charge in [-0.15, -0.1) is 0 Å². The Morgan fingerprint density at radius 3 is 2.56 bits per heavy atom. The molecule has 0 saturated carbocycles. The van der Waals surface area contributed by atoms with Gasteiger partial charge in [-0.05, 0) is 43.0 Å². The van der Waals surface area contributed by atoms with Gasteiger partial charge in [0.15, 0.2) is 0 Å². The first-order valence-corrected chi connectivity index (χ1v) is 7.01. The number of methoxy groups -OCH3 is 1. The third-order valence-corrected chi connectivity index (χ3v) is 3.53. The van der Waals surface area contributed by atoms with Crippen LogP contribution in [0.25, 0.3) is 0 Å². The van der Waals surface area contributed by atoms with Crippen LogP contribution in [-0.4, -0.2) is 13.7 Å². The molecule has 0 fully saturated rings. The molecule has 2 unspecified atom stereocenters. The van der Waals surface area contributed by atoms with E-state index in [4.69, 9.17) is 4.74 Å². The van der Waals surface area contributed by atoms with Crippen LogP contribution in [-0.2, 0) is 0 Å². The maximum absolute atomic E-state index is 5.43. The molecule has 0 aliphatic rings. The summed E-state index contributed by atoms with van der Waals surface area (Å²) in [6.07, 6.45) is 2.47. The summed E-state index contributed by atoms with van der Waals surface area (Å²) in [5.74, 6) is 1.63. The van der Waals surface area contributed by atoms with E-state index in [9.17, 15) is 0 Å². The largest absolute Gasteiger partial charge is 0.496 e. The van der Waals surface area contributed by atoms with Crippen LogP contribution in [0, 0.1) is 12.8 Å². The number of aryl methyl sites for hydroxylation is 1. The van der Waals surface area contributed by atoms with Crippen molar-refractivity contribution >= 4 is 0 Å². The lowest BCUT2D eigenvalue weighted by atomic mass is 9.90. The minimum absolute atomic E-state index is 0.421. The van der Waals surface area contributed by atoms with Crippen LogP contribution in [0.3, 0.4) is 0 Å². The van der Waals surface area contributed by atoms with Gasteiger partial charge in [-0.25, -0.2) is 0 Å². The predicted molar refractivity (Wildman–Crippen MR) is 78.2 cm³/mol. The molecule has 1 aromatic rings. The lowest BCUT2D eigenvalue weighted by Gasteiger charge is -2.25. The minimum atomic E-state index is 0.421. The second-order valence-corrected chi connectivity index (χ2v) is 5.03. The van der Waals surface area contributed by atoms with E-state index in [1.165, 1.54) is 24.0 Å². The highest BCUT2D eigenvalue weighted by Gasteiger charge is 2.18. The third-order valence-electron chi connectivity index (χ3n) is 3.53. The van der Waals surface area contributed by atoms with Gasteiger partial charge in [-0.2, -0.15) is 0 Å². The van der Waals surface area contributed by atoms with E-state index in [2.05, 4.69) is 51.2 Å². The van der Waals surface area contributed by atoms with E-state index in [0.29, 0.717) is 12.0 Å². The molecule has 1 aromatic carbocycles. The van der Waals surface area contributed by atoms with Crippen molar-refractivity contribution in [1.82, 2.24) is 5.32 Å². The number of nitrogens with one attached hydrogen (secondary N) is 1. The Morgan fingerprint density at radius 2 is 2.00 bits per heavy atom. The molecule has 0 aromatic heterocycles. The Balaban J connectivity index is 2.97. The second-order valence-electron chi connectivity index (χ2n) is 5.03. The summed E-state index contributed by atoms with van der Waals surface area (Å²) in [6, 6.07) is 6.97. The lowest BCUT2D eigenvalue weighted by molar-refractivity contribution is 0.365. The summed E-state index contributed by atoms with van der Waals surface area (Å²) < 4.78 is 5.43. The van der Waals surface area contributed by atoms with E-state index in [-0.39, 0.29) is 0 Å². The number of benzene rings is 1. The van der Waals surface area contributed by atoms with Crippen LogP contribution in [0.2, 0.25) is 0 Å². The van der Waals surface area contributed by atoms with Gasteiger partial charge in [0.1, 0.15) is 5.75 Å². The van der Waals surface area contributed by atoms with E-state index >= 15 is 0 Å². The fourth-order valence-corrected chi connectivity index (χ4v) is 2.52. The zero-order valence-electron chi connectivity index (χ0n) is 12.4. The predicted octanol–water partition coefficient (Wildman–Crippen LogP) is 4.09. The van der Waals surface area contributed by atoms with Gasteiger partial charge in [0.2, 0.25) is 0 Å². The van der Waals surface area contributed by atoms with Crippen molar-refractivity contribution in [2.24, 2.45) is 5.92 Å². The Hall–Kier alpha value is -1.02. The third kappa shape index (κ3) is 3.74. The lowest BCUT2D eigenvalue weighted by Crippen LogP contribution is -2.26. The van der Waals surface area contributed by atoms with Crippen LogP contribution in [0.4, 0.5) is 0 Å². The summed E-state index contributed by atoms with van der Waals surface area (Å²) in [4.78, 5) is 0. The molecule has 0 aliphatic heterocycles. The molecule has 2 nitrogen and oxygen atoms in total. The number of rotatable bonds is 7. The van der Waals surface area contributed by atoms with Crippen LogP contribution >= 0.6 is 0 Å². The maximum Gasteiger partial charge on any atom is 0.122 e. The van der Waals surface area contributed by atoms with Crippen molar-refractivity contribution in [3.8, 4) is 5.75 Å². The first kappa shape index (κ1) is 15.0. The van der Waals surface area contributed by atoms with Crippen molar-refractivity contribution in [3.05, 3.63) is 29.3 Å². The molecule has 0 spiro atoms. The smallest absolute Gasteiger partial charge is 0.122 e. The summed E-state index contributed by atoms with van der Waals surface area (Å²) in [5.41, 5.74) is 2.53. The van der Waals surface area contributed by atoms with Gasteiger partial charge in [0.25, 0.3) is 0 Å². The first-order chi connectivity index (χ1) is 8.63. The Bertz CT molecular complexity index is 362. The normalized spacial score (nSPS) is 14.3. The van der Waals surface area contributed by atoms with E-state index in [1.54, 1.807) is 7.11 Å². The zero-order valence-corrected chi connectivity index (χ0v) is 12.4. The molecule has 0 aliphatic carbocycles. The van der Waals surface area contributed by atoms with Crippen molar-refractivity contribution < 1.29 is 4.74 Å². The number of ether oxygens (including phenoxy) is 1. The molecule has 0 radical (unpaired) electrons. The standard InChI is InChI=1S/C16H27NO/c1-6-8-13(4)16(17-7-2)14-10-9-12(3)15(11-14)18-5/h9-11,13,16-17H,6-8H2,1-5H3. The number of hydrogen-bond acceptors (Lipinski definition) is 2. The van der Waals surface area contributed by atoms with Gasteiger partial charge in [0.05, 0.1) is 7.11 Å². The average molecular weight is 249 g/mol. The second kappa shape index (κ2) is 7.42. The van der Waals surface area contributed by atoms with Crippen LogP contribution in [0.15, 0.2) is 18.2 Å². The molecule has 0 heterocycles. The van der Waals surface area contributed by atoms with Gasteiger partial charge in [-0.1, -0.05) is 39.3 Å². The van der Waals surface area contributed by atoms with Crippen molar-refractivity contribution in [3.63, 3.8) is 0 Å². The minimum Gasteiger partial charge on any atom is -0.496 e. The Morgan fingerprint density at radius 1 is 1.28 bits per heavy atom. The summed E-state index contributed by atoms with van der Waals surface area (Å²) in [6.45, 7) is 9.81. The highest BCUT2D eigenvalue weighted by atomic mass is 16.5. The van der Waals surface area contributed by atoms with Crippen LogP contribution in [0.5, 0.6) is 5.75 Å². The average Bonchev–Trinajstić information content (AvgIpc) is 2.37. The molecule has 0 amide bonds. The van der Waals surface area contributed by atoms with Crippen LogP contribution in [0.1, 0.15) is 50.8 Å². The van der Waals surface area contributed by atoms with E-state index in [0.717, 1.165) is 12.3 Å². The molecule has 2 atom stereocenters. The molecule has 2 heteroatoms. The molecule has 0 bridgehead atoms. The summed E-state index contributed by atoms with van der Waals surface area (Å²) in [5, 5.41) is 3.60. The van der Waals surface area contributed by atoms with Crippen LogP contribution < -0.4 is 10.1 Å². The summed E-state index contributed by atoms with van der Waals surface area (Å²) >= 11 is 0. The van der Waals surface area contributed by atoms with Gasteiger partial charge in [-0.3, -0.25) is 0 Å². The summed E-state index contributed by atoms with van der Waals surface area (Å²) in [7, 11) is 1.74. The molecular formula is C16H27NO. The van der Waals surface area contributed by atoms with Crippen molar-refractivity contribution in [2.45, 2.75) is 46.6 Å². The van der Waals surface area contributed by atoms with Gasteiger partial charge in [0, 0.05) is 6.04 Å². The quantitative estimate of drug-likeness (QED) is 0.786. The van der Waals surface area contributed by atoms with Crippen molar-refractivity contribution in [1.29, 1.82) is 0 Å². The number of hydrogen-bond donors (Lipinski definition) is 1. The van der Waals surface area contributed by atoms with E-state index in [1.807, 2.05) is 0 Å². The fourth-order valence-electron chi connectivity index (χ4n) is 2.52. The Labute approximate surface area is 112 Å². The Kier molecular flexibility index (Phi) is 6.20. The molecule has 0 saturated heterocycles. The molecule has 18 heavy (non-hydrogen) atoms. The SMILES string of the molecule is CCCC(C)C(NCC)c1ccc(C)c(OC)c1. The maximum atomic E-state index is 5.43. The molecule has 1 N–H and O–H groups in total. The van der Waals surface area contributed by atoms with E-state index < -0.39 is 0 Å². The van der Waals surface area contributed by atoms with Crippen molar-refractivity contribution in [2.75, 3.05) is 13.7 Å². The first-order valence-electron chi connectivity index (χ1n) is 7.01. The highest BCUT2D eigenvalue weighted by Crippen LogP contribution is 2.29. The highest BCUT2D eigenvalue weighted by molar-refractivity contribution is 5.38. The zero-order chi connectivity index (χ0) is 13.5. The molecular weight excluding hydrogens is 222 g/mol. The monoisotopic (exact) mass is 249 g/mol. The van der Waals surface area contributed by atoms with Gasteiger partial charge < -0.3 is 10.1 Å². The fraction of sp³-hybridized carbons (Fsp3) is 0.625. The molecule has 1 rings (SSSR count). The molecule has 102 valence electrons. The topological polar surface area (TPSA) is 21.3 Å². The van der Waals surface area contributed by atoms with Gasteiger partial charge >= 0.3 is 0 Å².